The molecule has 132 valence electrons. The van der Waals surface area contributed by atoms with Crippen molar-refractivity contribution < 1.29 is 9.47 Å². The molecule has 1 aliphatic heterocycles. The molecule has 0 N–H and O–H groups in total. The molecule has 0 amide bonds. The second-order valence-corrected chi connectivity index (χ2v) is 6.01. The van der Waals surface area contributed by atoms with Gasteiger partial charge >= 0.3 is 17.4 Å². The van der Waals surface area contributed by atoms with Crippen LogP contribution in [0.4, 0.5) is 0 Å². The van der Waals surface area contributed by atoms with Gasteiger partial charge in [0, 0.05) is 0 Å². The van der Waals surface area contributed by atoms with Crippen molar-refractivity contribution in [3.8, 4) is 11.8 Å². The van der Waals surface area contributed by atoms with Crippen molar-refractivity contribution in [1.29, 1.82) is 0 Å². The molecule has 0 radical (unpaired) electrons. The molecular formula is C19H17N3O4. The highest BCUT2D eigenvalue weighted by Crippen LogP contribution is 2.16. The molecule has 0 aliphatic carbocycles. The van der Waals surface area contributed by atoms with E-state index in [2.05, 4.69) is 4.98 Å². The second-order valence-electron chi connectivity index (χ2n) is 6.01. The summed E-state index contributed by atoms with van der Waals surface area (Å²) in [5.74, 6) is 0.719. The van der Waals surface area contributed by atoms with Crippen molar-refractivity contribution in [2.75, 3.05) is 6.61 Å². The lowest BCUT2D eigenvalue weighted by Crippen LogP contribution is -2.40. The fourth-order valence-electron chi connectivity index (χ4n) is 2.84. The molecule has 0 saturated carbocycles. The van der Waals surface area contributed by atoms with Crippen LogP contribution in [0.2, 0.25) is 0 Å². The summed E-state index contributed by atoms with van der Waals surface area (Å²) in [5.41, 5.74) is -0.183. The van der Waals surface area contributed by atoms with Gasteiger partial charge in [-0.2, -0.15) is 0 Å². The zero-order valence-corrected chi connectivity index (χ0v) is 13.9. The summed E-state index contributed by atoms with van der Waals surface area (Å²) in [4.78, 5) is 28.8. The predicted molar refractivity (Wildman–Crippen MR) is 94.7 cm³/mol. The third-order valence-electron chi connectivity index (χ3n) is 4.14. The lowest BCUT2D eigenvalue weighted by atomic mass is 10.2. The van der Waals surface area contributed by atoms with Gasteiger partial charge in [0.15, 0.2) is 6.10 Å². The van der Waals surface area contributed by atoms with Crippen LogP contribution in [-0.2, 0) is 13.1 Å². The Morgan fingerprint density at radius 2 is 1.73 bits per heavy atom. The first kappa shape index (κ1) is 16.1. The molecule has 1 unspecified atom stereocenters. The van der Waals surface area contributed by atoms with Crippen LogP contribution in [0.1, 0.15) is 5.56 Å². The lowest BCUT2D eigenvalue weighted by molar-refractivity contribution is 0.143. The quantitative estimate of drug-likeness (QED) is 0.692. The van der Waals surface area contributed by atoms with Gasteiger partial charge in [0.05, 0.1) is 13.1 Å². The maximum absolute atomic E-state index is 12.7. The van der Waals surface area contributed by atoms with E-state index in [0.717, 1.165) is 15.9 Å². The van der Waals surface area contributed by atoms with Gasteiger partial charge in [0.1, 0.15) is 12.4 Å². The Labute approximate surface area is 149 Å². The molecule has 2 aromatic carbocycles. The second kappa shape index (κ2) is 6.87. The highest BCUT2D eigenvalue weighted by molar-refractivity contribution is 5.21. The molecule has 0 spiro atoms. The minimum absolute atomic E-state index is 0.0472. The monoisotopic (exact) mass is 351 g/mol. The Morgan fingerprint density at radius 1 is 1.04 bits per heavy atom. The van der Waals surface area contributed by atoms with E-state index in [1.807, 2.05) is 60.7 Å². The number of fused-ring (bicyclic) bond motifs is 1. The highest BCUT2D eigenvalue weighted by atomic mass is 16.6. The van der Waals surface area contributed by atoms with Gasteiger partial charge in [-0.05, 0) is 17.7 Å². The maximum Gasteiger partial charge on any atom is 0.356 e. The van der Waals surface area contributed by atoms with Crippen LogP contribution in [-0.4, -0.2) is 26.8 Å². The average Bonchev–Trinajstić information content (AvgIpc) is 3.08. The van der Waals surface area contributed by atoms with Crippen LogP contribution in [0.25, 0.3) is 0 Å². The summed E-state index contributed by atoms with van der Waals surface area (Å²) < 4.78 is 13.8. The SMILES string of the molecule is O=c1nc2n(c(=O)n1Cc1ccccc1)CC(COc1ccccc1)O2. The maximum atomic E-state index is 12.7. The van der Waals surface area contributed by atoms with Crippen molar-refractivity contribution in [1.82, 2.24) is 14.1 Å². The number of aromatic nitrogens is 3. The van der Waals surface area contributed by atoms with Gasteiger partial charge in [-0.25, -0.2) is 18.7 Å². The fourth-order valence-corrected chi connectivity index (χ4v) is 2.84. The van der Waals surface area contributed by atoms with Crippen molar-refractivity contribution in [2.24, 2.45) is 0 Å². The summed E-state index contributed by atoms with van der Waals surface area (Å²) in [6, 6.07) is 18.7. The number of hydrogen-bond donors (Lipinski definition) is 0. The molecular weight excluding hydrogens is 334 g/mol. The Bertz CT molecular complexity index is 1010. The van der Waals surface area contributed by atoms with E-state index in [0.29, 0.717) is 6.54 Å². The molecule has 0 bridgehead atoms. The smallest absolute Gasteiger partial charge is 0.356 e. The van der Waals surface area contributed by atoms with E-state index >= 15 is 0 Å². The Morgan fingerprint density at radius 3 is 2.46 bits per heavy atom. The van der Waals surface area contributed by atoms with Crippen molar-refractivity contribution in [3.05, 3.63) is 87.2 Å². The molecule has 1 atom stereocenters. The minimum Gasteiger partial charge on any atom is -0.490 e. The van der Waals surface area contributed by atoms with E-state index in [9.17, 15) is 9.59 Å². The normalized spacial score (nSPS) is 15.3. The number of ether oxygens (including phenoxy) is 2. The first-order chi connectivity index (χ1) is 12.7. The van der Waals surface area contributed by atoms with Gasteiger partial charge in [0.2, 0.25) is 0 Å². The van der Waals surface area contributed by atoms with Gasteiger partial charge < -0.3 is 9.47 Å². The summed E-state index contributed by atoms with van der Waals surface area (Å²) in [6.07, 6.45) is -0.373. The molecule has 1 aromatic heterocycles. The predicted octanol–water partition coefficient (Wildman–Crippen LogP) is 1.29. The van der Waals surface area contributed by atoms with Gasteiger partial charge in [-0.3, -0.25) is 0 Å². The van der Waals surface area contributed by atoms with E-state index in [1.165, 1.54) is 4.57 Å². The highest BCUT2D eigenvalue weighted by Gasteiger charge is 2.28. The number of rotatable bonds is 5. The van der Waals surface area contributed by atoms with Crippen molar-refractivity contribution in [2.45, 2.75) is 19.2 Å². The van der Waals surface area contributed by atoms with Gasteiger partial charge in [-0.1, -0.05) is 48.5 Å². The van der Waals surface area contributed by atoms with Crippen molar-refractivity contribution >= 4 is 0 Å². The van der Waals surface area contributed by atoms with E-state index in [4.69, 9.17) is 9.47 Å². The van der Waals surface area contributed by atoms with Crippen LogP contribution in [0.15, 0.2) is 70.3 Å². The van der Waals surface area contributed by atoms with Crippen LogP contribution in [0.5, 0.6) is 11.8 Å². The molecule has 4 rings (SSSR count). The zero-order chi connectivity index (χ0) is 17.9. The molecule has 3 aromatic rings. The van der Waals surface area contributed by atoms with Gasteiger partial charge in [-0.15, -0.1) is 4.98 Å². The first-order valence-electron chi connectivity index (χ1n) is 8.31. The summed E-state index contributed by atoms with van der Waals surface area (Å²) in [6.45, 7) is 0.736. The summed E-state index contributed by atoms with van der Waals surface area (Å²) in [5, 5.41) is 0. The number of nitrogens with zero attached hydrogens (tertiary/aromatic N) is 3. The Balaban J connectivity index is 1.52. The first-order valence-corrected chi connectivity index (χ1v) is 8.31. The number of para-hydroxylation sites is 1. The number of benzene rings is 2. The molecule has 2 heterocycles. The molecule has 7 heteroatoms. The molecule has 26 heavy (non-hydrogen) atoms. The molecule has 0 saturated heterocycles. The Hall–Kier alpha value is -3.35. The van der Waals surface area contributed by atoms with E-state index < -0.39 is 11.4 Å². The lowest BCUT2D eigenvalue weighted by Gasteiger charge is -2.10. The summed E-state index contributed by atoms with van der Waals surface area (Å²) in [7, 11) is 0. The zero-order valence-electron chi connectivity index (χ0n) is 13.9. The largest absolute Gasteiger partial charge is 0.490 e. The van der Waals surface area contributed by atoms with E-state index in [1.54, 1.807) is 0 Å². The number of hydrogen-bond acceptors (Lipinski definition) is 5. The topological polar surface area (TPSA) is 75.4 Å². The molecule has 7 nitrogen and oxygen atoms in total. The third kappa shape index (κ3) is 3.23. The Kier molecular flexibility index (Phi) is 4.27. The minimum atomic E-state index is -0.616. The van der Waals surface area contributed by atoms with Crippen molar-refractivity contribution in [3.63, 3.8) is 0 Å². The fraction of sp³-hybridized carbons (Fsp3) is 0.211. The molecule has 1 aliphatic rings. The van der Waals surface area contributed by atoms with Crippen LogP contribution >= 0.6 is 0 Å². The van der Waals surface area contributed by atoms with Crippen LogP contribution in [0, 0.1) is 0 Å². The van der Waals surface area contributed by atoms with Gasteiger partial charge in [0.25, 0.3) is 0 Å². The standard InChI is InChI=1S/C19H17N3O4/c23-17-20-18-22(19(24)21(17)11-14-7-3-1-4-8-14)12-16(26-18)13-25-15-9-5-2-6-10-15/h1-10,16H,11-13H2. The van der Waals surface area contributed by atoms with E-state index in [-0.39, 0.29) is 25.3 Å². The molecule has 0 fully saturated rings. The van der Waals surface area contributed by atoms with Crippen LogP contribution < -0.4 is 20.9 Å². The van der Waals surface area contributed by atoms with Crippen LogP contribution in [0.3, 0.4) is 0 Å². The third-order valence-corrected chi connectivity index (χ3v) is 4.14. The average molecular weight is 351 g/mol. The summed E-state index contributed by atoms with van der Waals surface area (Å²) >= 11 is 0.